The largest absolute Gasteiger partial charge is 0.369 e. The monoisotopic (exact) mass is 359 g/mol. The van der Waals surface area contributed by atoms with E-state index >= 15 is 0 Å². The van der Waals surface area contributed by atoms with Crippen molar-refractivity contribution >= 4 is 22.0 Å². The number of fused-ring (bicyclic) bond motifs is 1. The van der Waals surface area contributed by atoms with E-state index in [4.69, 9.17) is 0 Å². The van der Waals surface area contributed by atoms with Gasteiger partial charge in [-0.15, -0.1) is 0 Å². The van der Waals surface area contributed by atoms with Crippen molar-refractivity contribution in [1.29, 1.82) is 0 Å². The summed E-state index contributed by atoms with van der Waals surface area (Å²) in [5.41, 5.74) is 1.63. The smallest absolute Gasteiger partial charge is 0.275 e. The number of hydrogen-bond donors (Lipinski definition) is 0. The summed E-state index contributed by atoms with van der Waals surface area (Å²) in [7, 11) is 0. The van der Waals surface area contributed by atoms with Gasteiger partial charge in [0.05, 0.1) is 6.54 Å². The van der Waals surface area contributed by atoms with Crippen LogP contribution in [0.5, 0.6) is 0 Å². The number of nitrogens with zero attached hydrogens (tertiary/aromatic N) is 5. The molecule has 0 spiro atoms. The van der Waals surface area contributed by atoms with Crippen LogP contribution in [-0.2, 0) is 6.54 Å². The summed E-state index contributed by atoms with van der Waals surface area (Å²) in [5, 5.41) is 5.29. The van der Waals surface area contributed by atoms with Crippen LogP contribution in [-0.4, -0.2) is 45.7 Å². The van der Waals surface area contributed by atoms with Gasteiger partial charge in [0.15, 0.2) is 0 Å². The Hall–Kier alpha value is -2.32. The summed E-state index contributed by atoms with van der Waals surface area (Å²) in [5.74, 6) is -0.211. The molecule has 0 amide bonds. The van der Waals surface area contributed by atoms with Crippen LogP contribution in [0.4, 0.5) is 10.1 Å². The molecule has 0 unspecified atom stereocenters. The topological polar surface area (TPSA) is 53.7 Å². The Balaban J connectivity index is 1.42. The molecule has 130 valence electrons. The lowest BCUT2D eigenvalue weighted by molar-refractivity contribution is 0.248. The van der Waals surface area contributed by atoms with Gasteiger partial charge in [-0.25, -0.2) is 9.37 Å². The molecule has 1 fully saturated rings. The molecule has 2 aromatic heterocycles. The molecule has 0 N–H and O–H groups in total. The molecule has 1 saturated heterocycles. The number of halogens is 1. The van der Waals surface area contributed by atoms with Gasteiger partial charge < -0.3 is 4.90 Å². The van der Waals surface area contributed by atoms with Crippen molar-refractivity contribution in [2.24, 2.45) is 0 Å². The van der Waals surface area contributed by atoms with E-state index < -0.39 is 0 Å². The molecule has 6 nitrogen and oxygen atoms in total. The molecule has 1 aliphatic heterocycles. The van der Waals surface area contributed by atoms with Crippen LogP contribution in [0.2, 0.25) is 0 Å². The van der Waals surface area contributed by atoms with Gasteiger partial charge in [-0.2, -0.15) is 9.61 Å². The van der Waals surface area contributed by atoms with E-state index in [-0.39, 0.29) is 11.4 Å². The molecule has 0 radical (unpaired) electrons. The molecule has 4 rings (SSSR count). The first-order chi connectivity index (χ1) is 12.1. The van der Waals surface area contributed by atoms with E-state index in [1.807, 2.05) is 19.1 Å². The highest BCUT2D eigenvalue weighted by Gasteiger charge is 2.19. The van der Waals surface area contributed by atoms with Gasteiger partial charge >= 0.3 is 0 Å². The highest BCUT2D eigenvalue weighted by molar-refractivity contribution is 7.16. The standard InChI is InChI=1S/C17H18FN5OS/c1-12-10-16(24)23-17(19-12)25-15(20-23)11-21-6-8-22(9-7-21)14-4-2-13(18)3-5-14/h2-5,10H,6-9,11H2,1H3. The highest BCUT2D eigenvalue weighted by atomic mass is 32.1. The Morgan fingerprint density at radius 3 is 2.60 bits per heavy atom. The number of anilines is 1. The first-order valence-electron chi connectivity index (χ1n) is 8.18. The molecule has 0 bridgehead atoms. The zero-order valence-corrected chi connectivity index (χ0v) is 14.7. The van der Waals surface area contributed by atoms with Crippen molar-refractivity contribution in [3.63, 3.8) is 0 Å². The van der Waals surface area contributed by atoms with Gasteiger partial charge in [-0.05, 0) is 31.2 Å². The van der Waals surface area contributed by atoms with Gasteiger partial charge in [0.2, 0.25) is 4.96 Å². The second-order valence-corrected chi connectivity index (χ2v) is 7.21. The van der Waals surface area contributed by atoms with E-state index in [0.717, 1.165) is 36.9 Å². The summed E-state index contributed by atoms with van der Waals surface area (Å²) in [6.45, 7) is 6.09. The van der Waals surface area contributed by atoms with E-state index in [2.05, 4.69) is 19.9 Å². The van der Waals surface area contributed by atoms with Crippen molar-refractivity contribution in [2.75, 3.05) is 31.1 Å². The lowest BCUT2D eigenvalue weighted by atomic mass is 10.2. The number of aromatic nitrogens is 3. The summed E-state index contributed by atoms with van der Waals surface area (Å²) >= 11 is 1.46. The average molecular weight is 359 g/mol. The molecular formula is C17H18FN5OS. The summed E-state index contributed by atoms with van der Waals surface area (Å²) in [6, 6.07) is 8.13. The van der Waals surface area contributed by atoms with E-state index in [1.165, 1.54) is 34.1 Å². The number of hydrogen-bond acceptors (Lipinski definition) is 6. The van der Waals surface area contributed by atoms with Gasteiger partial charge in [0.1, 0.15) is 10.8 Å². The fourth-order valence-corrected chi connectivity index (χ4v) is 4.02. The molecule has 1 aromatic carbocycles. The van der Waals surface area contributed by atoms with E-state index in [0.29, 0.717) is 17.2 Å². The van der Waals surface area contributed by atoms with E-state index in [1.54, 1.807) is 0 Å². The first kappa shape index (κ1) is 16.2. The fourth-order valence-electron chi connectivity index (χ4n) is 3.03. The minimum Gasteiger partial charge on any atom is -0.369 e. The molecular weight excluding hydrogens is 341 g/mol. The second-order valence-electron chi connectivity index (χ2n) is 6.17. The number of rotatable bonds is 3. The average Bonchev–Trinajstić information content (AvgIpc) is 2.99. The molecule has 1 aliphatic rings. The maximum atomic E-state index is 13.0. The summed E-state index contributed by atoms with van der Waals surface area (Å²) < 4.78 is 14.4. The Morgan fingerprint density at radius 2 is 1.88 bits per heavy atom. The van der Waals surface area contributed by atoms with Gasteiger partial charge in [-0.1, -0.05) is 11.3 Å². The maximum absolute atomic E-state index is 13.0. The molecule has 0 saturated carbocycles. The highest BCUT2D eigenvalue weighted by Crippen LogP contribution is 2.19. The third kappa shape index (κ3) is 3.40. The lowest BCUT2D eigenvalue weighted by Crippen LogP contribution is -2.46. The van der Waals surface area contributed by atoms with Crippen LogP contribution in [0.1, 0.15) is 10.7 Å². The molecule has 0 atom stereocenters. The number of piperazine rings is 1. The Labute approximate surface area is 148 Å². The molecule has 25 heavy (non-hydrogen) atoms. The SMILES string of the molecule is Cc1cc(=O)n2nc(CN3CCN(c4ccc(F)cc4)CC3)sc2n1. The predicted octanol–water partition coefficient (Wildman–Crippen LogP) is 1.92. The molecule has 3 heterocycles. The van der Waals surface area contributed by atoms with Crippen LogP contribution < -0.4 is 10.5 Å². The van der Waals surface area contributed by atoms with Crippen LogP contribution in [0, 0.1) is 12.7 Å². The normalized spacial score (nSPS) is 15.8. The van der Waals surface area contributed by atoms with Gasteiger partial charge in [-0.3, -0.25) is 9.69 Å². The van der Waals surface area contributed by atoms with Crippen LogP contribution in [0.3, 0.4) is 0 Å². The molecule has 3 aromatic rings. The Morgan fingerprint density at radius 1 is 1.16 bits per heavy atom. The first-order valence-corrected chi connectivity index (χ1v) is 8.99. The minimum atomic E-state index is -0.211. The zero-order chi connectivity index (χ0) is 17.4. The minimum absolute atomic E-state index is 0.133. The second kappa shape index (κ2) is 6.53. The van der Waals surface area contributed by atoms with Gasteiger partial charge in [0.25, 0.3) is 5.56 Å². The quantitative estimate of drug-likeness (QED) is 0.715. The van der Waals surface area contributed by atoms with Crippen LogP contribution in [0.15, 0.2) is 35.1 Å². The lowest BCUT2D eigenvalue weighted by Gasteiger charge is -2.35. The van der Waals surface area contributed by atoms with Crippen molar-refractivity contribution < 1.29 is 4.39 Å². The number of benzene rings is 1. The van der Waals surface area contributed by atoms with Crippen molar-refractivity contribution in [3.05, 3.63) is 57.2 Å². The Bertz CT molecular complexity index is 944. The number of aryl methyl sites for hydroxylation is 1. The molecule has 0 aliphatic carbocycles. The van der Waals surface area contributed by atoms with Crippen molar-refractivity contribution in [3.8, 4) is 0 Å². The van der Waals surface area contributed by atoms with Crippen molar-refractivity contribution in [1.82, 2.24) is 19.5 Å². The third-order valence-corrected chi connectivity index (χ3v) is 5.23. The summed E-state index contributed by atoms with van der Waals surface area (Å²) in [6.07, 6.45) is 0. The van der Waals surface area contributed by atoms with E-state index in [9.17, 15) is 9.18 Å². The van der Waals surface area contributed by atoms with Crippen LogP contribution >= 0.6 is 11.3 Å². The van der Waals surface area contributed by atoms with Crippen molar-refractivity contribution in [2.45, 2.75) is 13.5 Å². The fraction of sp³-hybridized carbons (Fsp3) is 0.353. The Kier molecular flexibility index (Phi) is 4.22. The molecule has 8 heteroatoms. The third-order valence-electron chi connectivity index (χ3n) is 4.34. The predicted molar refractivity (Wildman–Crippen MR) is 95.8 cm³/mol. The maximum Gasteiger partial charge on any atom is 0.275 e. The van der Waals surface area contributed by atoms with Crippen LogP contribution in [0.25, 0.3) is 4.96 Å². The van der Waals surface area contributed by atoms with Gasteiger partial charge in [0, 0.05) is 43.6 Å². The summed E-state index contributed by atoms with van der Waals surface area (Å²) in [4.78, 5) is 21.5. The zero-order valence-electron chi connectivity index (χ0n) is 13.9.